The lowest BCUT2D eigenvalue weighted by molar-refractivity contribution is -0.139. The number of pyridine rings is 1. The van der Waals surface area contributed by atoms with Crippen LogP contribution < -0.4 is 16.0 Å². The molecular weight excluding hydrogens is 918 g/mol. The maximum absolute atomic E-state index is 15.5. The monoisotopic (exact) mass is 955 g/mol. The van der Waals surface area contributed by atoms with E-state index in [0.29, 0.717) is 56.4 Å². The number of fused-ring (bicyclic) bond motifs is 1. The van der Waals surface area contributed by atoms with E-state index >= 15 is 17.6 Å². The molecule has 69 heavy (non-hydrogen) atoms. The lowest BCUT2D eigenvalue weighted by Crippen LogP contribution is -2.43. The third-order valence-electron chi connectivity index (χ3n) is 11.1. The molecule has 7 rings (SSSR count). The number of aliphatic carboxylic acids is 1. The van der Waals surface area contributed by atoms with E-state index in [1.54, 1.807) is 92.7 Å². The zero-order valence-electron chi connectivity index (χ0n) is 36.5. The first-order valence-electron chi connectivity index (χ1n) is 21.0. The van der Waals surface area contributed by atoms with Crippen molar-refractivity contribution in [2.24, 2.45) is 0 Å². The van der Waals surface area contributed by atoms with Crippen LogP contribution in [-0.4, -0.2) is 45.8 Å². The molecule has 12 nitrogen and oxygen atoms in total. The van der Waals surface area contributed by atoms with Gasteiger partial charge in [0.1, 0.15) is 47.0 Å². The van der Waals surface area contributed by atoms with Crippen LogP contribution >= 0.6 is 11.6 Å². The number of rotatable bonds is 15. The minimum absolute atomic E-state index is 0.286. The van der Waals surface area contributed by atoms with Crippen LogP contribution in [0.1, 0.15) is 95.2 Å². The van der Waals surface area contributed by atoms with Crippen molar-refractivity contribution in [3.8, 4) is 17.2 Å². The summed E-state index contributed by atoms with van der Waals surface area (Å²) in [5.74, 6) is -11.5. The Kier molecular flexibility index (Phi) is 14.8. The Morgan fingerprint density at radius 2 is 1.28 bits per heavy atom. The van der Waals surface area contributed by atoms with Gasteiger partial charge in [-0.3, -0.25) is 19.4 Å². The Bertz CT molecular complexity index is 3180. The number of benzene rings is 6. The number of amides is 3. The van der Waals surface area contributed by atoms with Crippen LogP contribution in [-0.2, 0) is 22.6 Å². The molecular formula is C52H38ClF4N5O7. The van der Waals surface area contributed by atoms with Gasteiger partial charge in [-0.2, -0.15) is 5.26 Å². The predicted molar refractivity (Wildman–Crippen MR) is 246 cm³/mol. The molecule has 0 unspecified atom stereocenters. The molecule has 0 bridgehead atoms. The van der Waals surface area contributed by atoms with Gasteiger partial charge in [-0.05, 0) is 78.6 Å². The van der Waals surface area contributed by atoms with E-state index in [1.807, 2.05) is 6.07 Å². The predicted octanol–water partition coefficient (Wildman–Crippen LogP) is 9.75. The third-order valence-corrected chi connectivity index (χ3v) is 11.4. The number of nitrogens with one attached hydrogen (secondary N) is 3. The second-order valence-corrected chi connectivity index (χ2v) is 16.2. The van der Waals surface area contributed by atoms with Crippen molar-refractivity contribution in [1.29, 1.82) is 5.26 Å². The molecule has 7 aromatic rings. The van der Waals surface area contributed by atoms with Crippen molar-refractivity contribution in [3.63, 3.8) is 0 Å². The van der Waals surface area contributed by atoms with Crippen molar-refractivity contribution < 1.29 is 51.4 Å². The summed E-state index contributed by atoms with van der Waals surface area (Å²) in [6.45, 7) is 2.79. The first-order valence-corrected chi connectivity index (χ1v) is 21.4. The van der Waals surface area contributed by atoms with Crippen molar-refractivity contribution in [1.82, 2.24) is 20.9 Å². The quantitative estimate of drug-likeness (QED) is 0.0573. The summed E-state index contributed by atoms with van der Waals surface area (Å²) in [6, 6.07) is 28.2. The maximum Gasteiger partial charge on any atom is 0.344 e. The highest BCUT2D eigenvalue weighted by Gasteiger charge is 2.28. The lowest BCUT2D eigenvalue weighted by Gasteiger charge is -2.18. The normalized spacial score (nSPS) is 12.3. The number of esters is 1. The summed E-state index contributed by atoms with van der Waals surface area (Å²) in [5, 5.41) is 27.5. The average molecular weight is 956 g/mol. The van der Waals surface area contributed by atoms with Gasteiger partial charge in [0.15, 0.2) is 0 Å². The molecule has 17 heteroatoms. The number of carboxylic acids is 1. The van der Waals surface area contributed by atoms with Gasteiger partial charge in [-0.25, -0.2) is 27.2 Å². The van der Waals surface area contributed by atoms with Gasteiger partial charge in [0.05, 0.1) is 29.2 Å². The van der Waals surface area contributed by atoms with Gasteiger partial charge in [-0.15, -0.1) is 0 Å². The number of hydrogen-bond donors (Lipinski definition) is 4. The SMILES string of the molecule is C[C@@H](NC(=O)c1cc(F)c(C(=O)OCc2cccc([C@@H](C)NC(=O)c3cc(F)c(C(=O)N[C@@H](Cc4ccc(-c5ccc(C#N)cc5Cl)c5ncccc45)C(=O)O)c(F)c3)c2)c(F)c1)c1ccccc1. The van der Waals surface area contributed by atoms with Gasteiger partial charge in [-0.1, -0.05) is 90.5 Å². The van der Waals surface area contributed by atoms with Gasteiger partial charge >= 0.3 is 11.9 Å². The van der Waals surface area contributed by atoms with Gasteiger partial charge in [0.2, 0.25) is 0 Å². The number of nitriles is 1. The van der Waals surface area contributed by atoms with Crippen LogP contribution in [0.2, 0.25) is 5.02 Å². The number of carbonyl (C=O) groups is 5. The maximum atomic E-state index is 15.5. The highest BCUT2D eigenvalue weighted by Crippen LogP contribution is 2.35. The van der Waals surface area contributed by atoms with E-state index in [2.05, 4.69) is 20.9 Å². The van der Waals surface area contributed by atoms with Crippen LogP contribution in [0.3, 0.4) is 0 Å². The summed E-state index contributed by atoms with van der Waals surface area (Å²) in [6.07, 6.45) is 1.20. The second kappa shape index (κ2) is 21.0. The van der Waals surface area contributed by atoms with Crippen LogP contribution in [0, 0.1) is 34.6 Å². The molecule has 0 aliphatic heterocycles. The molecule has 348 valence electrons. The third kappa shape index (κ3) is 11.1. The zero-order chi connectivity index (χ0) is 49.5. The molecule has 0 saturated carbocycles. The zero-order valence-corrected chi connectivity index (χ0v) is 37.2. The van der Waals surface area contributed by atoms with E-state index in [4.69, 9.17) is 16.3 Å². The standard InChI is InChI=1S/C52H38ClF4N5O7/c1-27(31-9-4-3-5-10-31)60-48(63)35-22-42(56)46(43(57)23-35)52(68)69-26-30-8-6-11-32(18-30)28(2)61-49(64)34-20-40(54)45(41(55)21-34)50(65)62-44(51(66)67)24-33-14-16-38(47-36(33)12-7-17-59-47)37-15-13-29(25-58)19-39(37)53/h3-23,27-28,44H,24,26H2,1-2H3,(H,60,63)(H,61,64)(H,62,65)(H,66,67)/t27-,28-,44+/m1/s1. The van der Waals surface area contributed by atoms with Crippen molar-refractivity contribution >= 4 is 52.2 Å². The fourth-order valence-electron chi connectivity index (χ4n) is 7.54. The Morgan fingerprint density at radius 1 is 0.681 bits per heavy atom. The Hall–Kier alpha value is -8.42. The topological polar surface area (TPSA) is 188 Å². The Morgan fingerprint density at radius 3 is 1.88 bits per heavy atom. The fraction of sp³-hybridized carbons (Fsp3) is 0.135. The molecule has 0 aliphatic rings. The van der Waals surface area contributed by atoms with E-state index in [-0.39, 0.29) is 17.0 Å². The van der Waals surface area contributed by atoms with E-state index < -0.39 is 94.4 Å². The van der Waals surface area contributed by atoms with Crippen molar-refractivity contribution in [2.45, 2.75) is 45.0 Å². The number of aromatic nitrogens is 1. The number of ether oxygens (including phenoxy) is 1. The number of halogens is 5. The first-order chi connectivity index (χ1) is 33.0. The average Bonchev–Trinajstić information content (AvgIpc) is 3.33. The van der Waals surface area contributed by atoms with Gasteiger partial charge in [0, 0.05) is 45.3 Å². The first kappa shape index (κ1) is 48.5. The number of carbonyl (C=O) groups excluding carboxylic acids is 4. The van der Waals surface area contributed by atoms with E-state index in [1.165, 1.54) is 24.4 Å². The largest absolute Gasteiger partial charge is 0.480 e. The molecule has 0 radical (unpaired) electrons. The summed E-state index contributed by atoms with van der Waals surface area (Å²) < 4.78 is 66.3. The molecule has 6 aromatic carbocycles. The van der Waals surface area contributed by atoms with Crippen molar-refractivity contribution in [3.05, 3.63) is 206 Å². The van der Waals surface area contributed by atoms with E-state index in [0.717, 1.165) is 17.7 Å². The Balaban J connectivity index is 0.977. The molecule has 0 saturated heterocycles. The molecule has 3 amide bonds. The van der Waals surface area contributed by atoms with Gasteiger partial charge < -0.3 is 25.8 Å². The molecule has 1 heterocycles. The van der Waals surface area contributed by atoms with Gasteiger partial charge in [0.25, 0.3) is 17.7 Å². The van der Waals surface area contributed by atoms with Crippen molar-refractivity contribution in [2.75, 3.05) is 0 Å². The van der Waals surface area contributed by atoms with Crippen LogP contribution in [0.4, 0.5) is 17.6 Å². The molecule has 0 spiro atoms. The highest BCUT2D eigenvalue weighted by atomic mass is 35.5. The summed E-state index contributed by atoms with van der Waals surface area (Å²) in [5.41, 5.74) is 0.924. The summed E-state index contributed by atoms with van der Waals surface area (Å²) in [4.78, 5) is 69.0. The minimum Gasteiger partial charge on any atom is -0.480 e. The minimum atomic E-state index is -1.67. The van der Waals surface area contributed by atoms with Crippen LogP contribution in [0.25, 0.3) is 22.0 Å². The smallest absolute Gasteiger partial charge is 0.344 e. The molecule has 1 aromatic heterocycles. The number of carboxylic acid groups (broad SMARTS) is 1. The van der Waals surface area contributed by atoms with Crippen LogP contribution in [0.5, 0.6) is 0 Å². The molecule has 0 aliphatic carbocycles. The highest BCUT2D eigenvalue weighted by molar-refractivity contribution is 6.33. The molecule has 3 atom stereocenters. The lowest BCUT2D eigenvalue weighted by atomic mass is 9.94. The van der Waals surface area contributed by atoms with Crippen LogP contribution in [0.15, 0.2) is 128 Å². The summed E-state index contributed by atoms with van der Waals surface area (Å²) in [7, 11) is 0. The number of nitrogens with zero attached hydrogens (tertiary/aromatic N) is 2. The summed E-state index contributed by atoms with van der Waals surface area (Å²) >= 11 is 6.47. The molecule has 0 fully saturated rings. The molecule has 4 N–H and O–H groups in total. The second-order valence-electron chi connectivity index (χ2n) is 15.8. The Labute approximate surface area is 396 Å². The number of hydrogen-bond acceptors (Lipinski definition) is 8. The van der Waals surface area contributed by atoms with E-state index in [9.17, 15) is 34.3 Å². The fourth-order valence-corrected chi connectivity index (χ4v) is 7.82.